The fraction of sp³-hybridized carbons (Fsp3) is 0.636. The standard InChI is InChI=1S/C22H30ClN3O2/c23-19-5-1-3-16(13-19)14-24-21(27)18-4-2-10-26(15-18)20-8-11-25(12-9-20)22(28)17-6-7-17/h1,3,5,13,17-18,20H,2,4,6-12,14-15H2,(H,24,27)/t18-/m1/s1. The van der Waals surface area contributed by atoms with E-state index in [0.717, 1.165) is 70.3 Å². The minimum Gasteiger partial charge on any atom is -0.352 e. The van der Waals surface area contributed by atoms with Gasteiger partial charge in [-0.3, -0.25) is 14.5 Å². The zero-order valence-electron chi connectivity index (χ0n) is 16.4. The maximum absolute atomic E-state index is 12.7. The Kier molecular flexibility index (Phi) is 6.22. The van der Waals surface area contributed by atoms with E-state index < -0.39 is 0 Å². The molecule has 2 aliphatic heterocycles. The van der Waals surface area contributed by atoms with E-state index in [2.05, 4.69) is 15.1 Å². The average Bonchev–Trinajstić information content (AvgIpc) is 3.57. The Labute approximate surface area is 172 Å². The summed E-state index contributed by atoms with van der Waals surface area (Å²) in [5.74, 6) is 0.888. The predicted octanol–water partition coefficient (Wildman–Crippen LogP) is 3.07. The second-order valence-electron chi connectivity index (χ2n) is 8.51. The number of rotatable bonds is 5. The molecule has 0 radical (unpaired) electrons. The lowest BCUT2D eigenvalue weighted by molar-refractivity contribution is -0.134. The molecule has 2 saturated heterocycles. The molecule has 3 fully saturated rings. The van der Waals surface area contributed by atoms with Crippen LogP contribution < -0.4 is 5.32 Å². The van der Waals surface area contributed by atoms with E-state index in [1.165, 1.54) is 0 Å². The van der Waals surface area contributed by atoms with E-state index >= 15 is 0 Å². The third kappa shape index (κ3) is 4.87. The second kappa shape index (κ2) is 8.83. The Hall–Kier alpha value is -1.59. The molecule has 0 aromatic heterocycles. The van der Waals surface area contributed by atoms with Gasteiger partial charge in [0.05, 0.1) is 5.92 Å². The molecule has 6 heteroatoms. The molecule has 4 rings (SSSR count). The molecule has 1 aliphatic carbocycles. The van der Waals surface area contributed by atoms with Crippen molar-refractivity contribution < 1.29 is 9.59 Å². The number of likely N-dealkylation sites (tertiary alicyclic amines) is 2. The van der Waals surface area contributed by atoms with Gasteiger partial charge in [0.15, 0.2) is 0 Å². The third-order valence-corrected chi connectivity index (χ3v) is 6.63. The highest BCUT2D eigenvalue weighted by Crippen LogP contribution is 2.32. The van der Waals surface area contributed by atoms with Crippen LogP contribution in [0.15, 0.2) is 24.3 Å². The first kappa shape index (κ1) is 19.7. The molecule has 3 aliphatic rings. The van der Waals surface area contributed by atoms with Crippen LogP contribution >= 0.6 is 11.6 Å². The highest BCUT2D eigenvalue weighted by molar-refractivity contribution is 6.30. The number of amides is 2. The first-order valence-electron chi connectivity index (χ1n) is 10.6. The molecule has 1 aromatic carbocycles. The molecule has 28 heavy (non-hydrogen) atoms. The van der Waals surface area contributed by atoms with Crippen molar-refractivity contribution in [3.05, 3.63) is 34.9 Å². The molecule has 5 nitrogen and oxygen atoms in total. The minimum absolute atomic E-state index is 0.0547. The molecule has 2 heterocycles. The van der Waals surface area contributed by atoms with E-state index in [-0.39, 0.29) is 11.8 Å². The van der Waals surface area contributed by atoms with Gasteiger partial charge in [-0.2, -0.15) is 0 Å². The monoisotopic (exact) mass is 403 g/mol. The van der Waals surface area contributed by atoms with E-state index in [1.807, 2.05) is 24.3 Å². The van der Waals surface area contributed by atoms with Gasteiger partial charge in [0.2, 0.25) is 11.8 Å². The first-order valence-corrected chi connectivity index (χ1v) is 11.0. The van der Waals surface area contributed by atoms with Gasteiger partial charge in [-0.05, 0) is 62.8 Å². The van der Waals surface area contributed by atoms with Crippen LogP contribution in [0.1, 0.15) is 44.1 Å². The Morgan fingerprint density at radius 3 is 2.54 bits per heavy atom. The van der Waals surface area contributed by atoms with E-state index in [9.17, 15) is 9.59 Å². The molecule has 1 N–H and O–H groups in total. The molecule has 2 amide bonds. The van der Waals surface area contributed by atoms with Crippen LogP contribution in [0, 0.1) is 11.8 Å². The van der Waals surface area contributed by atoms with Crippen molar-refractivity contribution in [3.63, 3.8) is 0 Å². The van der Waals surface area contributed by atoms with Crippen LogP contribution in [0.25, 0.3) is 0 Å². The smallest absolute Gasteiger partial charge is 0.225 e. The summed E-state index contributed by atoms with van der Waals surface area (Å²) in [6.45, 7) is 4.18. The lowest BCUT2D eigenvalue weighted by atomic mass is 9.93. The molecule has 152 valence electrons. The molecule has 0 spiro atoms. The molecule has 1 aromatic rings. The summed E-state index contributed by atoms with van der Waals surface area (Å²) in [5, 5.41) is 3.78. The molecular weight excluding hydrogens is 374 g/mol. The maximum atomic E-state index is 12.7. The van der Waals surface area contributed by atoms with E-state index in [0.29, 0.717) is 29.4 Å². The second-order valence-corrected chi connectivity index (χ2v) is 8.95. The quantitative estimate of drug-likeness (QED) is 0.822. The highest BCUT2D eigenvalue weighted by Gasteiger charge is 2.37. The summed E-state index contributed by atoms with van der Waals surface area (Å²) >= 11 is 6.02. The Bertz CT molecular complexity index is 713. The van der Waals surface area contributed by atoms with Crippen LogP contribution in [0.4, 0.5) is 0 Å². The summed E-state index contributed by atoms with van der Waals surface area (Å²) < 4.78 is 0. The fourth-order valence-corrected chi connectivity index (χ4v) is 4.79. The summed E-state index contributed by atoms with van der Waals surface area (Å²) in [4.78, 5) is 29.5. The van der Waals surface area contributed by atoms with Crippen molar-refractivity contribution in [2.45, 2.75) is 51.1 Å². The van der Waals surface area contributed by atoms with Gasteiger partial charge in [0, 0.05) is 43.2 Å². The number of benzene rings is 1. The number of piperidine rings is 2. The van der Waals surface area contributed by atoms with Gasteiger partial charge in [-0.25, -0.2) is 0 Å². The fourth-order valence-electron chi connectivity index (χ4n) is 4.57. The summed E-state index contributed by atoms with van der Waals surface area (Å²) in [7, 11) is 0. The van der Waals surface area contributed by atoms with Crippen molar-refractivity contribution in [2.75, 3.05) is 26.2 Å². The molecular formula is C22H30ClN3O2. The van der Waals surface area contributed by atoms with Gasteiger partial charge in [-0.15, -0.1) is 0 Å². The van der Waals surface area contributed by atoms with Gasteiger partial charge in [-0.1, -0.05) is 23.7 Å². The zero-order valence-corrected chi connectivity index (χ0v) is 17.2. The van der Waals surface area contributed by atoms with Gasteiger partial charge < -0.3 is 10.2 Å². The highest BCUT2D eigenvalue weighted by atomic mass is 35.5. The number of hydrogen-bond donors (Lipinski definition) is 1. The Morgan fingerprint density at radius 2 is 1.82 bits per heavy atom. The molecule has 1 atom stereocenters. The first-order chi connectivity index (χ1) is 13.6. The maximum Gasteiger partial charge on any atom is 0.225 e. The Morgan fingerprint density at radius 1 is 1.04 bits per heavy atom. The summed E-state index contributed by atoms with van der Waals surface area (Å²) in [5.41, 5.74) is 1.03. The zero-order chi connectivity index (χ0) is 19.5. The number of halogens is 1. The molecule has 0 unspecified atom stereocenters. The number of carbonyl (C=O) groups is 2. The van der Waals surface area contributed by atoms with Gasteiger partial charge >= 0.3 is 0 Å². The van der Waals surface area contributed by atoms with Crippen molar-refractivity contribution in [1.82, 2.24) is 15.1 Å². The normalized spacial score (nSPS) is 24.2. The minimum atomic E-state index is 0.0547. The van der Waals surface area contributed by atoms with Crippen LogP contribution in [0.5, 0.6) is 0 Å². The molecule has 1 saturated carbocycles. The van der Waals surface area contributed by atoms with Crippen molar-refractivity contribution >= 4 is 23.4 Å². The topological polar surface area (TPSA) is 52.7 Å². The van der Waals surface area contributed by atoms with Crippen LogP contribution in [-0.4, -0.2) is 53.8 Å². The number of carbonyl (C=O) groups excluding carboxylic acids is 2. The average molecular weight is 404 g/mol. The largest absolute Gasteiger partial charge is 0.352 e. The van der Waals surface area contributed by atoms with Crippen LogP contribution in [0.3, 0.4) is 0 Å². The van der Waals surface area contributed by atoms with Crippen LogP contribution in [-0.2, 0) is 16.1 Å². The lowest BCUT2D eigenvalue weighted by Crippen LogP contribution is -2.51. The van der Waals surface area contributed by atoms with Crippen molar-refractivity contribution in [1.29, 1.82) is 0 Å². The summed E-state index contributed by atoms with van der Waals surface area (Å²) in [6.07, 6.45) is 6.26. The number of hydrogen-bond acceptors (Lipinski definition) is 3. The number of nitrogens with zero attached hydrogens (tertiary/aromatic N) is 2. The molecule has 0 bridgehead atoms. The lowest BCUT2D eigenvalue weighted by Gasteiger charge is -2.42. The van der Waals surface area contributed by atoms with Gasteiger partial charge in [0.1, 0.15) is 0 Å². The van der Waals surface area contributed by atoms with E-state index in [4.69, 9.17) is 11.6 Å². The van der Waals surface area contributed by atoms with Crippen molar-refractivity contribution in [3.8, 4) is 0 Å². The Balaban J connectivity index is 1.24. The third-order valence-electron chi connectivity index (χ3n) is 6.40. The SMILES string of the molecule is O=C(NCc1cccc(Cl)c1)[C@@H]1CCCN(C2CCN(C(=O)C3CC3)CC2)C1. The number of nitrogens with one attached hydrogen (secondary N) is 1. The van der Waals surface area contributed by atoms with Crippen LogP contribution in [0.2, 0.25) is 5.02 Å². The predicted molar refractivity (Wildman–Crippen MR) is 110 cm³/mol. The van der Waals surface area contributed by atoms with E-state index in [1.54, 1.807) is 0 Å². The van der Waals surface area contributed by atoms with Crippen molar-refractivity contribution in [2.24, 2.45) is 11.8 Å². The summed E-state index contributed by atoms with van der Waals surface area (Å²) in [6, 6.07) is 8.13. The van der Waals surface area contributed by atoms with Gasteiger partial charge in [0.25, 0.3) is 0 Å².